The first-order chi connectivity index (χ1) is 14.5. The van der Waals surface area contributed by atoms with Crippen molar-refractivity contribution in [3.8, 4) is 0 Å². The highest BCUT2D eigenvalue weighted by molar-refractivity contribution is 5.79. The number of hydrogen-bond acceptors (Lipinski definition) is 8. The van der Waals surface area contributed by atoms with E-state index in [1.165, 1.54) is 24.0 Å². The van der Waals surface area contributed by atoms with Crippen LogP contribution < -0.4 is 0 Å². The van der Waals surface area contributed by atoms with E-state index in [0.717, 1.165) is 0 Å². The fourth-order valence-electron chi connectivity index (χ4n) is 3.19. The van der Waals surface area contributed by atoms with Crippen LogP contribution in [0, 0.1) is 11.8 Å². The van der Waals surface area contributed by atoms with Gasteiger partial charge < -0.3 is 28.7 Å². The number of nitrogens with zero attached hydrogens (tertiary/aromatic N) is 2. The second-order valence-corrected chi connectivity index (χ2v) is 10.0. The average Bonchev–Trinajstić information content (AvgIpc) is 2.62. The Morgan fingerprint density at radius 1 is 0.656 bits per heavy atom. The molecule has 2 aliphatic heterocycles. The number of carbonyl (C=O) groups is 4. The highest BCUT2D eigenvalue weighted by atomic mass is 16.6. The van der Waals surface area contributed by atoms with Crippen LogP contribution in [0.25, 0.3) is 0 Å². The molecule has 10 heteroatoms. The Kier molecular flexibility index (Phi) is 8.94. The minimum Gasteiger partial charge on any atom is -0.469 e. The maximum Gasteiger partial charge on any atom is 0.410 e. The average molecular weight is 459 g/mol. The van der Waals surface area contributed by atoms with E-state index in [1.807, 2.05) is 55.4 Å². The molecule has 0 N–H and O–H groups in total. The zero-order valence-corrected chi connectivity index (χ0v) is 20.9. The summed E-state index contributed by atoms with van der Waals surface area (Å²) in [6, 6.07) is -0.301. The fraction of sp³-hybridized carbons (Fsp3) is 0.818. The van der Waals surface area contributed by atoms with E-state index in [9.17, 15) is 19.2 Å². The maximum atomic E-state index is 11.7. The van der Waals surface area contributed by atoms with Crippen molar-refractivity contribution in [2.45, 2.75) is 78.7 Å². The van der Waals surface area contributed by atoms with Gasteiger partial charge in [0.15, 0.2) is 0 Å². The summed E-state index contributed by atoms with van der Waals surface area (Å²) in [5.41, 5.74) is -1.01. The van der Waals surface area contributed by atoms with Crippen molar-refractivity contribution < 1.29 is 38.1 Å². The highest BCUT2D eigenvalue weighted by Gasteiger charge is 2.46. The Morgan fingerprint density at radius 3 is 1.12 bits per heavy atom. The molecule has 0 saturated carbocycles. The molecule has 0 spiro atoms. The van der Waals surface area contributed by atoms with Crippen molar-refractivity contribution >= 4 is 24.1 Å². The molecule has 2 heterocycles. The third-order valence-electron chi connectivity index (χ3n) is 5.20. The summed E-state index contributed by atoms with van der Waals surface area (Å²) in [5.74, 6) is -0.991. The summed E-state index contributed by atoms with van der Waals surface area (Å²) >= 11 is 0. The van der Waals surface area contributed by atoms with Crippen LogP contribution in [0.15, 0.2) is 0 Å². The van der Waals surface area contributed by atoms with E-state index >= 15 is 0 Å². The lowest BCUT2D eigenvalue weighted by Crippen LogP contribution is -2.60. The van der Waals surface area contributed by atoms with Crippen molar-refractivity contribution in [3.05, 3.63) is 0 Å². The monoisotopic (exact) mass is 458 g/mol. The molecule has 10 nitrogen and oxygen atoms in total. The fourth-order valence-corrected chi connectivity index (χ4v) is 3.19. The first-order valence-corrected chi connectivity index (χ1v) is 10.7. The molecule has 184 valence electrons. The molecule has 2 rings (SSSR count). The Hall–Kier alpha value is -2.52. The molecule has 2 amide bonds. The first kappa shape index (κ1) is 27.5. The molecule has 0 aromatic heterocycles. The highest BCUT2D eigenvalue weighted by Crippen LogP contribution is 2.28. The molecule has 0 radical (unpaired) electrons. The van der Waals surface area contributed by atoms with Crippen LogP contribution in [-0.4, -0.2) is 84.5 Å². The molecular formula is C22H38N2O8. The maximum absolute atomic E-state index is 11.7. The molecule has 0 aromatic rings. The quantitative estimate of drug-likeness (QED) is 0.459. The first-order valence-electron chi connectivity index (χ1n) is 10.7. The molecule has 0 bridgehead atoms. The minimum atomic E-state index is -0.507. The van der Waals surface area contributed by atoms with Gasteiger partial charge in [-0.3, -0.25) is 9.59 Å². The normalized spacial score (nSPS) is 24.7. The summed E-state index contributed by atoms with van der Waals surface area (Å²) in [6.45, 7) is 15.3. The van der Waals surface area contributed by atoms with Crippen LogP contribution in [0.5, 0.6) is 0 Å². The van der Waals surface area contributed by atoms with Gasteiger partial charge in [-0.2, -0.15) is 0 Å². The van der Waals surface area contributed by atoms with Gasteiger partial charge in [-0.05, 0) is 55.4 Å². The largest absolute Gasteiger partial charge is 0.469 e. The topological polar surface area (TPSA) is 112 Å². The number of ether oxygens (including phenoxy) is 4. The van der Waals surface area contributed by atoms with E-state index in [2.05, 4.69) is 9.47 Å². The lowest BCUT2D eigenvalue weighted by molar-refractivity contribution is -0.155. The number of methoxy groups -OCH3 is 2. The molecular weight excluding hydrogens is 420 g/mol. The van der Waals surface area contributed by atoms with Gasteiger partial charge in [-0.1, -0.05) is 0 Å². The van der Waals surface area contributed by atoms with Crippen LogP contribution >= 0.6 is 0 Å². The predicted octanol–water partition coefficient (Wildman–Crippen LogP) is 2.83. The van der Waals surface area contributed by atoms with Crippen molar-refractivity contribution in [1.82, 2.24) is 9.80 Å². The Morgan fingerprint density at radius 2 is 0.938 bits per heavy atom. The summed E-state index contributed by atoms with van der Waals surface area (Å²) in [6.07, 6.45) is -0.750. The zero-order chi connectivity index (χ0) is 25.0. The van der Waals surface area contributed by atoms with E-state index in [4.69, 9.17) is 9.47 Å². The molecule has 0 unspecified atom stereocenters. The molecule has 2 saturated heterocycles. The van der Waals surface area contributed by atoms with Gasteiger partial charge in [0.1, 0.15) is 11.2 Å². The SMILES string of the molecule is COC(=O)[C@@H]1CN(C(=O)OC(C)(C)C)[C@@H]1C.COC(=O)[C@H]1CN(C(=O)OC(C)(C)C)[C@H]1C. The third-order valence-corrected chi connectivity index (χ3v) is 5.20. The van der Waals surface area contributed by atoms with Crippen LogP contribution in [0.3, 0.4) is 0 Å². The van der Waals surface area contributed by atoms with Gasteiger partial charge in [0.05, 0.1) is 26.1 Å². The standard InChI is InChI=1S/2C11H19NO4/c2*1-7-8(9(13)15-5)6-12(7)10(14)16-11(2,3)4/h2*7-8H,6H2,1-5H3/t2*7-,8-/m10/s1. The number of esters is 2. The van der Waals surface area contributed by atoms with Crippen LogP contribution in [0.2, 0.25) is 0 Å². The van der Waals surface area contributed by atoms with Gasteiger partial charge in [0, 0.05) is 25.2 Å². The van der Waals surface area contributed by atoms with Crippen molar-refractivity contribution in [1.29, 1.82) is 0 Å². The van der Waals surface area contributed by atoms with Crippen LogP contribution in [0.4, 0.5) is 9.59 Å². The number of carbonyl (C=O) groups excluding carboxylic acids is 4. The molecule has 4 atom stereocenters. The summed E-state index contributed by atoms with van der Waals surface area (Å²) < 4.78 is 19.7. The van der Waals surface area contributed by atoms with Gasteiger partial charge in [0.2, 0.25) is 0 Å². The lowest BCUT2D eigenvalue weighted by Gasteiger charge is -2.44. The number of amides is 2. The van der Waals surface area contributed by atoms with Crippen molar-refractivity contribution in [2.75, 3.05) is 27.3 Å². The summed E-state index contributed by atoms with van der Waals surface area (Å²) in [5, 5.41) is 0. The Bertz CT molecular complexity index is 650. The van der Waals surface area contributed by atoms with Crippen molar-refractivity contribution in [3.63, 3.8) is 0 Å². The van der Waals surface area contributed by atoms with Gasteiger partial charge >= 0.3 is 24.1 Å². The minimum absolute atomic E-state index is 0.151. The van der Waals surface area contributed by atoms with E-state index in [-0.39, 0.29) is 48.0 Å². The Labute approximate surface area is 190 Å². The van der Waals surface area contributed by atoms with Crippen LogP contribution in [-0.2, 0) is 28.5 Å². The summed E-state index contributed by atoms with van der Waals surface area (Å²) in [7, 11) is 2.70. The lowest BCUT2D eigenvalue weighted by atomic mass is 9.90. The van der Waals surface area contributed by atoms with Gasteiger partial charge in [-0.25, -0.2) is 9.59 Å². The summed E-state index contributed by atoms with van der Waals surface area (Å²) in [4.78, 5) is 48.9. The van der Waals surface area contributed by atoms with E-state index < -0.39 is 11.2 Å². The van der Waals surface area contributed by atoms with Crippen molar-refractivity contribution in [2.24, 2.45) is 11.8 Å². The zero-order valence-electron chi connectivity index (χ0n) is 20.9. The smallest absolute Gasteiger partial charge is 0.410 e. The second-order valence-electron chi connectivity index (χ2n) is 10.0. The molecule has 0 aliphatic carbocycles. The van der Waals surface area contributed by atoms with Gasteiger partial charge in [0.25, 0.3) is 0 Å². The number of likely N-dealkylation sites (tertiary alicyclic amines) is 2. The predicted molar refractivity (Wildman–Crippen MR) is 116 cm³/mol. The molecule has 32 heavy (non-hydrogen) atoms. The molecule has 0 aromatic carbocycles. The van der Waals surface area contributed by atoms with E-state index in [0.29, 0.717) is 13.1 Å². The molecule has 2 aliphatic rings. The Balaban J connectivity index is 0.000000320. The van der Waals surface area contributed by atoms with Crippen LogP contribution in [0.1, 0.15) is 55.4 Å². The van der Waals surface area contributed by atoms with E-state index in [1.54, 1.807) is 0 Å². The van der Waals surface area contributed by atoms with Gasteiger partial charge in [-0.15, -0.1) is 0 Å². The number of hydrogen-bond donors (Lipinski definition) is 0. The third kappa shape index (κ3) is 7.27. The second kappa shape index (κ2) is 10.4. The molecule has 2 fully saturated rings. The number of rotatable bonds is 2.